The highest BCUT2D eigenvalue weighted by molar-refractivity contribution is 5.92. The van der Waals surface area contributed by atoms with E-state index in [0.717, 1.165) is 31.4 Å². The molecule has 11 heteroatoms. The summed E-state index contributed by atoms with van der Waals surface area (Å²) < 4.78 is 41.2. The van der Waals surface area contributed by atoms with E-state index in [1.807, 2.05) is 6.92 Å². The van der Waals surface area contributed by atoms with Gasteiger partial charge in [0.15, 0.2) is 11.5 Å². The molecule has 0 amide bonds. The second-order valence-corrected chi connectivity index (χ2v) is 10.0. The van der Waals surface area contributed by atoms with Gasteiger partial charge in [-0.2, -0.15) is 13.2 Å². The highest BCUT2D eigenvalue weighted by atomic mass is 19.4. The van der Waals surface area contributed by atoms with Gasteiger partial charge in [-0.3, -0.25) is 0 Å². The van der Waals surface area contributed by atoms with Gasteiger partial charge in [-0.15, -0.1) is 0 Å². The van der Waals surface area contributed by atoms with Gasteiger partial charge >= 0.3 is 12.1 Å². The summed E-state index contributed by atoms with van der Waals surface area (Å²) >= 11 is 0. The number of aliphatic hydroxyl groups is 1. The quantitative estimate of drug-likeness (QED) is 0.255. The van der Waals surface area contributed by atoms with E-state index in [0.29, 0.717) is 39.8 Å². The Labute approximate surface area is 222 Å². The third-order valence-corrected chi connectivity index (χ3v) is 7.29. The number of carbonyl (C=O) groups is 1. The lowest BCUT2D eigenvalue weighted by atomic mass is 9.80. The van der Waals surface area contributed by atoms with Gasteiger partial charge in [0, 0.05) is 18.2 Å². The van der Waals surface area contributed by atoms with Crippen molar-refractivity contribution in [2.24, 2.45) is 5.92 Å². The lowest BCUT2D eigenvalue weighted by Crippen LogP contribution is -2.31. The molecular weight excluding hydrogens is 511 g/mol. The molecule has 5 rings (SSSR count). The number of imidazole rings is 1. The molecule has 1 aliphatic carbocycles. The minimum atomic E-state index is -4.45. The molecule has 2 aromatic carbocycles. The van der Waals surface area contributed by atoms with Gasteiger partial charge in [0.25, 0.3) is 0 Å². The fraction of sp³-hybridized carbons (Fsp3) is 0.357. The third kappa shape index (κ3) is 5.44. The molecule has 2 aromatic heterocycles. The van der Waals surface area contributed by atoms with E-state index in [2.05, 4.69) is 20.3 Å². The zero-order valence-corrected chi connectivity index (χ0v) is 21.4. The number of hydrogen-bond donors (Lipinski definition) is 3. The van der Waals surface area contributed by atoms with Crippen LogP contribution in [0.3, 0.4) is 0 Å². The van der Waals surface area contributed by atoms with Crippen molar-refractivity contribution in [3.8, 4) is 11.4 Å². The van der Waals surface area contributed by atoms with Crippen LogP contribution in [0.4, 0.5) is 19.0 Å². The first-order valence-corrected chi connectivity index (χ1v) is 12.7. The Morgan fingerprint density at radius 1 is 1.05 bits per heavy atom. The molecule has 1 saturated carbocycles. The summed E-state index contributed by atoms with van der Waals surface area (Å²) in [5, 5.41) is 23.0. The molecule has 0 radical (unpaired) electrons. The van der Waals surface area contributed by atoms with Gasteiger partial charge in [-0.05, 0) is 55.9 Å². The van der Waals surface area contributed by atoms with E-state index >= 15 is 0 Å². The van der Waals surface area contributed by atoms with Crippen molar-refractivity contribution in [2.75, 3.05) is 5.32 Å². The predicted molar refractivity (Wildman–Crippen MR) is 139 cm³/mol. The molecule has 39 heavy (non-hydrogen) atoms. The Morgan fingerprint density at radius 2 is 1.72 bits per heavy atom. The molecule has 8 nitrogen and oxygen atoms in total. The highest BCUT2D eigenvalue weighted by Crippen LogP contribution is 2.35. The summed E-state index contributed by atoms with van der Waals surface area (Å²) in [7, 11) is 0. The van der Waals surface area contributed by atoms with E-state index in [-0.39, 0.29) is 18.2 Å². The summed E-state index contributed by atoms with van der Waals surface area (Å²) in [5.74, 6) is -0.527. The standard InChI is InChI=1S/C28H28F3N5O3/c1-15(18-4-3-5-18)32-23-22-24(34-25(33-23)27(38)39)35-26(20-10-8-19(9-11-20)16(2)37)36(22)14-17-6-12-21(13-7-17)28(29,30)31/h6-13,15-16,18,37H,3-5,14H2,1-2H3,(H,38,39)(H,32,33,34)/t15-,16?/m1/s1. The molecule has 1 fully saturated rings. The maximum absolute atomic E-state index is 13.2. The Hall–Kier alpha value is -3.99. The van der Waals surface area contributed by atoms with Crippen molar-refractivity contribution in [3.63, 3.8) is 0 Å². The first-order valence-electron chi connectivity index (χ1n) is 12.7. The Balaban J connectivity index is 1.67. The monoisotopic (exact) mass is 539 g/mol. The lowest BCUT2D eigenvalue weighted by Gasteiger charge is -2.32. The van der Waals surface area contributed by atoms with Gasteiger partial charge in [-0.1, -0.05) is 42.8 Å². The molecule has 204 valence electrons. The van der Waals surface area contributed by atoms with Gasteiger partial charge in [0.05, 0.1) is 11.7 Å². The zero-order chi connectivity index (χ0) is 27.9. The van der Waals surface area contributed by atoms with Crippen LogP contribution in [0.25, 0.3) is 22.6 Å². The van der Waals surface area contributed by atoms with Gasteiger partial charge < -0.3 is 20.1 Å². The number of rotatable bonds is 8. The lowest BCUT2D eigenvalue weighted by molar-refractivity contribution is -0.137. The molecule has 0 bridgehead atoms. The second kappa shape index (κ2) is 10.3. The van der Waals surface area contributed by atoms with Crippen molar-refractivity contribution in [2.45, 2.75) is 58.0 Å². The number of nitrogens with one attached hydrogen (secondary N) is 1. The van der Waals surface area contributed by atoms with Crippen molar-refractivity contribution >= 4 is 23.0 Å². The van der Waals surface area contributed by atoms with Crippen LogP contribution >= 0.6 is 0 Å². The topological polar surface area (TPSA) is 113 Å². The van der Waals surface area contributed by atoms with Crippen molar-refractivity contribution in [1.82, 2.24) is 19.5 Å². The van der Waals surface area contributed by atoms with Crippen LogP contribution in [0.1, 0.15) is 66.5 Å². The molecule has 3 N–H and O–H groups in total. The largest absolute Gasteiger partial charge is 0.475 e. The summed E-state index contributed by atoms with van der Waals surface area (Å²) in [5.41, 5.74) is 1.83. The van der Waals surface area contributed by atoms with E-state index in [9.17, 15) is 28.2 Å². The smallest absolute Gasteiger partial charge is 0.416 e. The van der Waals surface area contributed by atoms with Crippen LogP contribution in [0.2, 0.25) is 0 Å². The molecule has 1 aliphatic rings. The zero-order valence-electron chi connectivity index (χ0n) is 21.4. The predicted octanol–water partition coefficient (Wildman–Crippen LogP) is 5.91. The van der Waals surface area contributed by atoms with Crippen molar-refractivity contribution in [3.05, 3.63) is 71.0 Å². The number of carboxylic acids is 1. The average molecular weight is 540 g/mol. The molecule has 2 atom stereocenters. The Bertz CT molecular complexity index is 1490. The van der Waals surface area contributed by atoms with Crippen LogP contribution in [0.5, 0.6) is 0 Å². The molecule has 0 aliphatic heterocycles. The molecule has 1 unspecified atom stereocenters. The van der Waals surface area contributed by atoms with Crippen molar-refractivity contribution < 1.29 is 28.2 Å². The average Bonchev–Trinajstić information content (AvgIpc) is 3.21. The number of carboxylic acid groups (broad SMARTS) is 1. The second-order valence-electron chi connectivity index (χ2n) is 10.0. The fourth-order valence-corrected chi connectivity index (χ4v) is 4.77. The highest BCUT2D eigenvalue weighted by Gasteiger charge is 2.30. The van der Waals surface area contributed by atoms with E-state index in [4.69, 9.17) is 0 Å². The molecular formula is C28H28F3N5O3. The van der Waals surface area contributed by atoms with Gasteiger partial charge in [0.2, 0.25) is 5.82 Å². The normalized spacial score (nSPS) is 15.6. The minimum Gasteiger partial charge on any atom is -0.475 e. The number of aromatic nitrogens is 4. The number of aromatic carboxylic acids is 1. The number of hydrogen-bond acceptors (Lipinski definition) is 6. The number of benzene rings is 2. The Kier molecular flexibility index (Phi) is 7.02. The van der Waals surface area contributed by atoms with E-state index < -0.39 is 29.6 Å². The van der Waals surface area contributed by atoms with Gasteiger partial charge in [0.1, 0.15) is 11.3 Å². The first-order chi connectivity index (χ1) is 18.5. The summed E-state index contributed by atoms with van der Waals surface area (Å²) in [4.78, 5) is 25.0. The number of halogens is 3. The number of fused-ring (bicyclic) bond motifs is 1. The molecule has 0 spiro atoms. The van der Waals surface area contributed by atoms with Crippen LogP contribution in [0.15, 0.2) is 48.5 Å². The van der Waals surface area contributed by atoms with Crippen molar-refractivity contribution in [1.29, 1.82) is 0 Å². The molecule has 2 heterocycles. The third-order valence-electron chi connectivity index (χ3n) is 7.29. The number of aliphatic hydroxyl groups excluding tert-OH is 1. The van der Waals surface area contributed by atoms with E-state index in [1.165, 1.54) is 12.1 Å². The number of anilines is 1. The summed E-state index contributed by atoms with van der Waals surface area (Å²) in [6, 6.07) is 12.0. The van der Waals surface area contributed by atoms with Crippen LogP contribution < -0.4 is 5.32 Å². The maximum Gasteiger partial charge on any atom is 0.416 e. The minimum absolute atomic E-state index is 0.0155. The molecule has 4 aromatic rings. The SMILES string of the molecule is CC(O)c1ccc(-c2nc3nc(C(=O)O)nc(N[C@H](C)C4CCC4)c3n2Cc2ccc(C(F)(F)F)cc2)cc1. The van der Waals surface area contributed by atoms with Gasteiger partial charge in [-0.25, -0.2) is 19.7 Å². The summed E-state index contributed by atoms with van der Waals surface area (Å²) in [6.07, 6.45) is -1.88. The molecule has 0 saturated heterocycles. The fourth-order valence-electron chi connectivity index (χ4n) is 4.77. The van der Waals surface area contributed by atoms with Crippen LogP contribution in [-0.4, -0.2) is 41.7 Å². The number of nitrogens with zero attached hydrogens (tertiary/aromatic N) is 4. The Morgan fingerprint density at radius 3 is 2.26 bits per heavy atom. The summed E-state index contributed by atoms with van der Waals surface area (Å²) in [6.45, 7) is 3.81. The number of alkyl halides is 3. The first kappa shape index (κ1) is 26.6. The maximum atomic E-state index is 13.2. The van der Waals surface area contributed by atoms with Crippen LogP contribution in [0, 0.1) is 5.92 Å². The van der Waals surface area contributed by atoms with Crippen LogP contribution in [-0.2, 0) is 12.7 Å². The van der Waals surface area contributed by atoms with E-state index in [1.54, 1.807) is 35.8 Å².